The summed E-state index contributed by atoms with van der Waals surface area (Å²) < 4.78 is 5.80. The second kappa shape index (κ2) is 6.93. The number of hydrogen-bond donors (Lipinski definition) is 1. The van der Waals surface area contributed by atoms with Crippen LogP contribution in [0.2, 0.25) is 0 Å². The van der Waals surface area contributed by atoms with Crippen LogP contribution in [0, 0.1) is 5.92 Å². The third-order valence-corrected chi connectivity index (χ3v) is 7.02. The predicted octanol–water partition coefficient (Wildman–Crippen LogP) is 4.56. The molecule has 2 atom stereocenters. The first-order valence-electron chi connectivity index (χ1n) is 10.5. The second-order valence-electron chi connectivity index (χ2n) is 8.55. The van der Waals surface area contributed by atoms with E-state index in [9.17, 15) is 9.90 Å². The third-order valence-electron chi connectivity index (χ3n) is 7.02. The topological polar surface area (TPSA) is 49.8 Å². The first-order valence-corrected chi connectivity index (χ1v) is 10.5. The second-order valence-corrected chi connectivity index (χ2v) is 8.55. The van der Waals surface area contributed by atoms with Crippen LogP contribution < -0.4 is 0 Å². The zero-order valence-corrected chi connectivity index (χ0v) is 16.1. The SMILES string of the molecule is O=C(OCC1c2ccccc2-c2ccccc21)N1CC[C@@]2(O)CCCC[C@H]2C1. The van der Waals surface area contributed by atoms with Crippen molar-refractivity contribution in [2.45, 2.75) is 43.6 Å². The number of carbonyl (C=O) groups excluding carboxylic acids is 1. The molecule has 0 spiro atoms. The van der Waals surface area contributed by atoms with Gasteiger partial charge in [-0.1, -0.05) is 61.4 Å². The molecular weight excluding hydrogens is 350 g/mol. The van der Waals surface area contributed by atoms with Crippen molar-refractivity contribution in [3.8, 4) is 11.1 Å². The Labute approximate surface area is 166 Å². The molecule has 1 N–H and O–H groups in total. The average molecular weight is 377 g/mol. The number of fused-ring (bicyclic) bond motifs is 4. The van der Waals surface area contributed by atoms with Gasteiger partial charge in [-0.3, -0.25) is 0 Å². The van der Waals surface area contributed by atoms with E-state index in [1.165, 1.54) is 22.3 Å². The molecule has 2 aromatic carbocycles. The number of piperidine rings is 1. The van der Waals surface area contributed by atoms with Crippen LogP contribution in [-0.4, -0.2) is 41.4 Å². The molecule has 3 aliphatic rings. The maximum Gasteiger partial charge on any atom is 0.409 e. The monoisotopic (exact) mass is 377 g/mol. The first kappa shape index (κ1) is 17.7. The maximum absolute atomic E-state index is 12.8. The molecule has 146 valence electrons. The van der Waals surface area contributed by atoms with Crippen molar-refractivity contribution in [1.29, 1.82) is 0 Å². The van der Waals surface area contributed by atoms with Gasteiger partial charge in [-0.2, -0.15) is 0 Å². The number of rotatable bonds is 2. The number of nitrogens with zero attached hydrogens (tertiary/aromatic N) is 1. The highest BCUT2D eigenvalue weighted by Crippen LogP contribution is 2.45. The van der Waals surface area contributed by atoms with Crippen molar-refractivity contribution in [3.05, 3.63) is 59.7 Å². The number of hydrogen-bond acceptors (Lipinski definition) is 3. The molecule has 0 aromatic heterocycles. The molecule has 2 aliphatic carbocycles. The standard InChI is InChI=1S/C24H27NO3/c26-23(25-14-13-24(27)12-6-5-7-17(24)15-25)28-16-22-20-10-3-1-8-18(20)19-9-2-4-11-21(19)22/h1-4,8-11,17,22,27H,5-7,12-16H2/t17-,24-/m0/s1. The molecule has 0 radical (unpaired) electrons. The van der Waals surface area contributed by atoms with E-state index in [-0.39, 0.29) is 17.9 Å². The minimum absolute atomic E-state index is 0.0905. The van der Waals surface area contributed by atoms with Gasteiger partial charge < -0.3 is 14.7 Å². The Hall–Kier alpha value is -2.33. The Morgan fingerprint density at radius 1 is 1.04 bits per heavy atom. The molecule has 2 aromatic rings. The smallest absolute Gasteiger partial charge is 0.409 e. The van der Waals surface area contributed by atoms with Gasteiger partial charge in [0.1, 0.15) is 6.61 Å². The summed E-state index contributed by atoms with van der Waals surface area (Å²) in [5.41, 5.74) is 4.38. The molecule has 1 saturated carbocycles. The van der Waals surface area contributed by atoms with Crippen LogP contribution in [0.15, 0.2) is 48.5 Å². The van der Waals surface area contributed by atoms with Gasteiger partial charge in [0.2, 0.25) is 0 Å². The Bertz CT molecular complexity index is 849. The molecule has 0 bridgehead atoms. The number of likely N-dealkylation sites (tertiary alicyclic amines) is 1. The number of ether oxygens (including phenoxy) is 1. The van der Waals surface area contributed by atoms with Gasteiger partial charge in [-0.15, -0.1) is 0 Å². The molecule has 1 aliphatic heterocycles. The highest BCUT2D eigenvalue weighted by molar-refractivity contribution is 5.79. The zero-order chi connectivity index (χ0) is 19.1. The Morgan fingerprint density at radius 3 is 2.43 bits per heavy atom. The molecule has 5 rings (SSSR count). The van der Waals surface area contributed by atoms with Crippen molar-refractivity contribution in [1.82, 2.24) is 4.90 Å². The van der Waals surface area contributed by atoms with Crippen molar-refractivity contribution in [2.24, 2.45) is 5.92 Å². The number of carbonyl (C=O) groups is 1. The van der Waals surface area contributed by atoms with Gasteiger partial charge in [-0.25, -0.2) is 4.79 Å². The summed E-state index contributed by atoms with van der Waals surface area (Å²) in [5.74, 6) is 0.281. The summed E-state index contributed by atoms with van der Waals surface area (Å²) >= 11 is 0. The van der Waals surface area contributed by atoms with Crippen LogP contribution >= 0.6 is 0 Å². The molecule has 1 saturated heterocycles. The minimum Gasteiger partial charge on any atom is -0.448 e. The Kier molecular flexibility index (Phi) is 4.39. The van der Waals surface area contributed by atoms with E-state index in [1.807, 2.05) is 12.1 Å². The van der Waals surface area contributed by atoms with Crippen LogP contribution in [0.4, 0.5) is 4.79 Å². The molecule has 28 heavy (non-hydrogen) atoms. The lowest BCUT2D eigenvalue weighted by molar-refractivity contribution is -0.0915. The van der Waals surface area contributed by atoms with Gasteiger partial charge in [0.05, 0.1) is 5.60 Å². The molecule has 2 fully saturated rings. The van der Waals surface area contributed by atoms with E-state index in [1.54, 1.807) is 4.90 Å². The third kappa shape index (κ3) is 2.91. The predicted molar refractivity (Wildman–Crippen MR) is 108 cm³/mol. The fraction of sp³-hybridized carbons (Fsp3) is 0.458. The minimum atomic E-state index is -0.571. The van der Waals surface area contributed by atoms with Gasteiger partial charge in [0, 0.05) is 24.9 Å². The highest BCUT2D eigenvalue weighted by atomic mass is 16.6. The van der Waals surface area contributed by atoms with E-state index < -0.39 is 5.60 Å². The Balaban J connectivity index is 1.29. The largest absolute Gasteiger partial charge is 0.448 e. The molecule has 4 nitrogen and oxygen atoms in total. The van der Waals surface area contributed by atoms with Gasteiger partial charge >= 0.3 is 6.09 Å². The van der Waals surface area contributed by atoms with Crippen molar-refractivity contribution < 1.29 is 14.6 Å². The molecule has 1 amide bonds. The quantitative estimate of drug-likeness (QED) is 0.834. The normalized spacial score (nSPS) is 26.3. The van der Waals surface area contributed by atoms with Gasteiger partial charge in [0.15, 0.2) is 0 Å². The fourth-order valence-corrected chi connectivity index (χ4v) is 5.42. The molecule has 1 heterocycles. The van der Waals surface area contributed by atoms with Crippen LogP contribution in [0.3, 0.4) is 0 Å². The molecular formula is C24H27NO3. The number of aliphatic hydroxyl groups is 1. The summed E-state index contributed by atoms with van der Waals surface area (Å²) in [6.07, 6.45) is 4.54. The molecule has 0 unspecified atom stereocenters. The van der Waals surface area contributed by atoms with E-state index in [2.05, 4.69) is 36.4 Å². The van der Waals surface area contributed by atoms with E-state index >= 15 is 0 Å². The van der Waals surface area contributed by atoms with E-state index in [4.69, 9.17) is 4.74 Å². The van der Waals surface area contributed by atoms with Crippen LogP contribution in [0.1, 0.15) is 49.1 Å². The van der Waals surface area contributed by atoms with Crippen LogP contribution in [0.25, 0.3) is 11.1 Å². The van der Waals surface area contributed by atoms with E-state index in [0.29, 0.717) is 26.1 Å². The Morgan fingerprint density at radius 2 is 1.71 bits per heavy atom. The lowest BCUT2D eigenvalue weighted by atomic mass is 9.71. The average Bonchev–Trinajstić information content (AvgIpc) is 3.05. The summed E-state index contributed by atoms with van der Waals surface area (Å²) in [6, 6.07) is 16.8. The maximum atomic E-state index is 12.8. The summed E-state index contributed by atoms with van der Waals surface area (Å²) in [6.45, 7) is 1.56. The van der Waals surface area contributed by atoms with Crippen LogP contribution in [0.5, 0.6) is 0 Å². The first-order chi connectivity index (χ1) is 13.7. The summed E-state index contributed by atoms with van der Waals surface area (Å²) in [5, 5.41) is 10.8. The van der Waals surface area contributed by atoms with Crippen molar-refractivity contribution >= 4 is 6.09 Å². The van der Waals surface area contributed by atoms with Crippen LogP contribution in [-0.2, 0) is 4.74 Å². The molecule has 4 heteroatoms. The lowest BCUT2D eigenvalue weighted by Crippen LogP contribution is -2.54. The van der Waals surface area contributed by atoms with Crippen molar-refractivity contribution in [2.75, 3.05) is 19.7 Å². The number of benzene rings is 2. The fourth-order valence-electron chi connectivity index (χ4n) is 5.42. The zero-order valence-electron chi connectivity index (χ0n) is 16.1. The van der Waals surface area contributed by atoms with Crippen molar-refractivity contribution in [3.63, 3.8) is 0 Å². The lowest BCUT2D eigenvalue weighted by Gasteiger charge is -2.47. The summed E-state index contributed by atoms with van der Waals surface area (Å²) in [4.78, 5) is 14.6. The summed E-state index contributed by atoms with van der Waals surface area (Å²) in [7, 11) is 0. The van der Waals surface area contributed by atoms with Gasteiger partial charge in [-0.05, 0) is 41.5 Å². The van der Waals surface area contributed by atoms with E-state index in [0.717, 1.165) is 25.7 Å². The highest BCUT2D eigenvalue weighted by Gasteiger charge is 2.44. The number of amides is 1. The van der Waals surface area contributed by atoms with Gasteiger partial charge in [0.25, 0.3) is 0 Å².